The molecule has 0 saturated heterocycles. The van der Waals surface area contributed by atoms with E-state index in [0.717, 1.165) is 35.5 Å². The Kier molecular flexibility index (Phi) is 6.28. The van der Waals surface area contributed by atoms with Crippen LogP contribution in [0.2, 0.25) is 0 Å². The van der Waals surface area contributed by atoms with Gasteiger partial charge in [0.15, 0.2) is 5.78 Å². The number of fused-ring (bicyclic) bond motifs is 2. The number of ketones is 1. The number of carboxylic acid groups (broad SMARTS) is 1. The van der Waals surface area contributed by atoms with Gasteiger partial charge in [-0.05, 0) is 50.3 Å². The minimum atomic E-state index is -1.26. The molecule has 27 heavy (non-hydrogen) atoms. The van der Waals surface area contributed by atoms with Crippen molar-refractivity contribution in [1.29, 1.82) is 0 Å². The van der Waals surface area contributed by atoms with Crippen molar-refractivity contribution < 1.29 is 24.5 Å². The highest BCUT2D eigenvalue weighted by atomic mass is 32.2. The van der Waals surface area contributed by atoms with Crippen molar-refractivity contribution in [1.82, 2.24) is 0 Å². The van der Waals surface area contributed by atoms with Gasteiger partial charge in [-0.25, -0.2) is 0 Å². The van der Waals surface area contributed by atoms with Gasteiger partial charge in [-0.15, -0.1) is 11.8 Å². The number of carbonyl (C=O) groups is 2. The molecule has 2 N–H and O–H groups in total. The first kappa shape index (κ1) is 20.4. The molecule has 1 aliphatic heterocycles. The van der Waals surface area contributed by atoms with Crippen LogP contribution >= 0.6 is 11.8 Å². The molecule has 0 aromatic heterocycles. The molecule has 4 unspecified atom stereocenters. The number of benzene rings is 1. The van der Waals surface area contributed by atoms with E-state index in [1.54, 1.807) is 37.7 Å². The predicted octanol–water partition coefficient (Wildman–Crippen LogP) is 3.52. The lowest BCUT2D eigenvalue weighted by Crippen LogP contribution is -2.44. The van der Waals surface area contributed by atoms with Gasteiger partial charge in [0.2, 0.25) is 0 Å². The van der Waals surface area contributed by atoms with Crippen LogP contribution in [0.25, 0.3) is 0 Å². The number of aliphatic hydroxyl groups excluding tert-OH is 1. The van der Waals surface area contributed by atoms with Crippen LogP contribution in [0.15, 0.2) is 23.1 Å². The Labute approximate surface area is 164 Å². The normalized spacial score (nSPS) is 25.7. The molecule has 1 saturated carbocycles. The highest BCUT2D eigenvalue weighted by Gasteiger charge is 2.43. The van der Waals surface area contributed by atoms with E-state index in [-0.39, 0.29) is 24.9 Å². The number of Topliss-reactive ketones (excluding diaryl/α,β-unsaturated/α-hetero) is 1. The van der Waals surface area contributed by atoms with E-state index in [1.807, 2.05) is 6.07 Å². The zero-order valence-electron chi connectivity index (χ0n) is 15.9. The highest BCUT2D eigenvalue weighted by Crippen LogP contribution is 2.43. The molecule has 1 aliphatic carbocycles. The summed E-state index contributed by atoms with van der Waals surface area (Å²) in [6.45, 7) is 3.29. The Hall–Kier alpha value is -1.37. The lowest BCUT2D eigenvalue weighted by atomic mass is 9.75. The first-order valence-electron chi connectivity index (χ1n) is 9.67. The van der Waals surface area contributed by atoms with Crippen LogP contribution in [-0.2, 0) is 14.9 Å². The van der Waals surface area contributed by atoms with Gasteiger partial charge in [0, 0.05) is 22.1 Å². The van der Waals surface area contributed by atoms with Crippen molar-refractivity contribution >= 4 is 23.5 Å². The van der Waals surface area contributed by atoms with E-state index >= 15 is 0 Å². The predicted molar refractivity (Wildman–Crippen MR) is 104 cm³/mol. The molecule has 0 radical (unpaired) electrons. The molecular weight excluding hydrogens is 364 g/mol. The van der Waals surface area contributed by atoms with Crippen molar-refractivity contribution in [2.24, 2.45) is 11.8 Å². The number of carbonyl (C=O) groups excluding carboxylic acids is 1. The van der Waals surface area contributed by atoms with Crippen LogP contribution in [0.4, 0.5) is 0 Å². The highest BCUT2D eigenvalue weighted by molar-refractivity contribution is 7.99. The fraction of sp³-hybridized carbons (Fsp3) is 0.619. The van der Waals surface area contributed by atoms with Crippen molar-refractivity contribution in [3.8, 4) is 0 Å². The topological polar surface area (TPSA) is 83.8 Å². The molecule has 3 rings (SSSR count). The molecule has 1 aromatic carbocycles. The lowest BCUT2D eigenvalue weighted by Gasteiger charge is -2.32. The summed E-state index contributed by atoms with van der Waals surface area (Å²) in [7, 11) is 0. The standard InChI is InChI=1S/C21H28O5S/c1-13(26-10-9-22)21(2,20(24)25)15-7-8-17-18(11-15)27-12-14-5-3-4-6-16(14)19(17)23/h7-8,11,13-14,16,22H,3-6,9-10,12H2,1-2H3,(H,24,25). The van der Waals surface area contributed by atoms with E-state index in [2.05, 4.69) is 0 Å². The lowest BCUT2D eigenvalue weighted by molar-refractivity contribution is -0.149. The molecule has 0 bridgehead atoms. The fourth-order valence-corrected chi connectivity index (χ4v) is 5.57. The van der Waals surface area contributed by atoms with Crippen LogP contribution in [0.1, 0.15) is 55.5 Å². The molecule has 2 aliphatic rings. The Morgan fingerprint density at radius 3 is 2.81 bits per heavy atom. The quantitative estimate of drug-likeness (QED) is 0.771. The summed E-state index contributed by atoms with van der Waals surface area (Å²) in [5.41, 5.74) is 0.103. The van der Waals surface area contributed by atoms with Gasteiger partial charge >= 0.3 is 5.97 Å². The van der Waals surface area contributed by atoms with Crippen molar-refractivity contribution in [2.45, 2.75) is 55.9 Å². The van der Waals surface area contributed by atoms with Crippen LogP contribution in [-0.4, -0.2) is 47.0 Å². The second-order valence-electron chi connectivity index (χ2n) is 7.78. The molecule has 6 heteroatoms. The molecular formula is C21H28O5S. The zero-order valence-corrected chi connectivity index (χ0v) is 16.8. The van der Waals surface area contributed by atoms with Crippen molar-refractivity contribution in [2.75, 3.05) is 19.0 Å². The molecule has 1 heterocycles. The third-order valence-corrected chi connectivity index (χ3v) is 7.51. The fourth-order valence-electron chi connectivity index (χ4n) is 4.25. The van der Waals surface area contributed by atoms with Crippen LogP contribution in [0.5, 0.6) is 0 Å². The van der Waals surface area contributed by atoms with Gasteiger partial charge in [0.25, 0.3) is 0 Å². The molecule has 5 nitrogen and oxygen atoms in total. The van der Waals surface area contributed by atoms with E-state index in [4.69, 9.17) is 9.84 Å². The smallest absolute Gasteiger partial charge is 0.316 e. The summed E-state index contributed by atoms with van der Waals surface area (Å²) in [5, 5.41) is 18.9. The number of aliphatic carboxylic acids is 1. The summed E-state index contributed by atoms with van der Waals surface area (Å²) < 4.78 is 5.53. The van der Waals surface area contributed by atoms with Crippen molar-refractivity contribution in [3.05, 3.63) is 29.3 Å². The third-order valence-electron chi connectivity index (χ3n) is 6.26. The van der Waals surface area contributed by atoms with E-state index < -0.39 is 17.5 Å². The minimum absolute atomic E-state index is 0.0889. The van der Waals surface area contributed by atoms with Crippen LogP contribution < -0.4 is 0 Å². The number of hydrogen-bond donors (Lipinski definition) is 2. The molecule has 1 aromatic rings. The number of hydrogen-bond acceptors (Lipinski definition) is 5. The SMILES string of the molecule is CC(OCCO)C(C)(C(=O)O)c1ccc2c(c1)SCC1CCCCC1C2=O. The number of thioether (sulfide) groups is 1. The average molecular weight is 393 g/mol. The number of aliphatic hydroxyl groups is 1. The van der Waals surface area contributed by atoms with E-state index in [1.165, 1.54) is 6.42 Å². The van der Waals surface area contributed by atoms with Gasteiger partial charge in [-0.1, -0.05) is 18.9 Å². The van der Waals surface area contributed by atoms with Gasteiger partial charge < -0.3 is 14.9 Å². The Bertz CT molecular complexity index is 719. The first-order chi connectivity index (χ1) is 12.9. The van der Waals surface area contributed by atoms with Gasteiger partial charge in [-0.2, -0.15) is 0 Å². The zero-order chi connectivity index (χ0) is 19.6. The van der Waals surface area contributed by atoms with Crippen LogP contribution in [0, 0.1) is 11.8 Å². The number of rotatable bonds is 6. The number of carboxylic acids is 1. The van der Waals surface area contributed by atoms with Crippen molar-refractivity contribution in [3.63, 3.8) is 0 Å². The molecule has 148 valence electrons. The Morgan fingerprint density at radius 2 is 2.11 bits per heavy atom. The molecule has 0 amide bonds. The Morgan fingerprint density at radius 1 is 1.37 bits per heavy atom. The van der Waals surface area contributed by atoms with E-state index in [9.17, 15) is 14.7 Å². The minimum Gasteiger partial charge on any atom is -0.481 e. The second kappa shape index (κ2) is 8.33. The first-order valence-corrected chi connectivity index (χ1v) is 10.7. The number of ether oxygens (including phenoxy) is 1. The summed E-state index contributed by atoms with van der Waals surface area (Å²) in [5.74, 6) is 0.674. The van der Waals surface area contributed by atoms with Gasteiger partial charge in [0.05, 0.1) is 19.3 Å². The maximum absolute atomic E-state index is 13.1. The third kappa shape index (κ3) is 3.80. The van der Waals surface area contributed by atoms with E-state index in [0.29, 0.717) is 11.5 Å². The Balaban J connectivity index is 1.96. The monoisotopic (exact) mass is 392 g/mol. The maximum atomic E-state index is 13.1. The summed E-state index contributed by atoms with van der Waals surface area (Å²) >= 11 is 1.68. The van der Waals surface area contributed by atoms with Crippen LogP contribution in [0.3, 0.4) is 0 Å². The summed E-state index contributed by atoms with van der Waals surface area (Å²) in [6, 6.07) is 5.42. The largest absolute Gasteiger partial charge is 0.481 e. The molecule has 4 atom stereocenters. The second-order valence-corrected chi connectivity index (χ2v) is 8.84. The summed E-state index contributed by atoms with van der Waals surface area (Å²) in [4.78, 5) is 26.1. The average Bonchev–Trinajstić information content (AvgIpc) is 2.82. The molecule has 0 spiro atoms. The summed E-state index contributed by atoms with van der Waals surface area (Å²) in [6.07, 6.45) is 3.75. The van der Waals surface area contributed by atoms with Gasteiger partial charge in [-0.3, -0.25) is 9.59 Å². The maximum Gasteiger partial charge on any atom is 0.316 e. The molecule has 1 fully saturated rings. The van der Waals surface area contributed by atoms with Gasteiger partial charge in [0.1, 0.15) is 5.41 Å².